The number of carbonyl (C=O) groups excluding carboxylic acids is 17. The van der Waals surface area contributed by atoms with Gasteiger partial charge in [0, 0.05) is 44.1 Å². The van der Waals surface area contributed by atoms with Crippen molar-refractivity contribution in [3.05, 3.63) is 35.9 Å². The van der Waals surface area contributed by atoms with Crippen molar-refractivity contribution in [3.8, 4) is 0 Å². The number of aliphatic hydroxyl groups excluding tert-OH is 1. The fourth-order valence-electron chi connectivity index (χ4n) is 11.7. The zero-order chi connectivity index (χ0) is 81.2. The quantitative estimate of drug-likeness (QED) is 0.0125. The lowest BCUT2D eigenvalue weighted by atomic mass is 10.0. The summed E-state index contributed by atoms with van der Waals surface area (Å²) in [5.41, 5.74) is 28.5. The molecule has 110 heavy (non-hydrogen) atoms. The number of rotatable bonds is 43. The topological polar surface area (TPSA) is 628 Å². The summed E-state index contributed by atoms with van der Waals surface area (Å²) in [6, 6.07) is -3.98. The molecule has 3 fully saturated rings. The highest BCUT2D eigenvalue weighted by atomic mass is 33.1. The molecule has 3 aliphatic heterocycles. The summed E-state index contributed by atoms with van der Waals surface area (Å²) >= 11 is 0. The maximum Gasteiger partial charge on any atom is 0.245 e. The van der Waals surface area contributed by atoms with Crippen molar-refractivity contribution in [2.24, 2.45) is 39.6 Å². The minimum atomic E-state index is -1.70. The first-order valence-electron chi connectivity index (χ1n) is 36.8. The molecule has 1 aromatic rings. The summed E-state index contributed by atoms with van der Waals surface area (Å²) in [5.74, 6) is -14.7. The highest BCUT2D eigenvalue weighted by Crippen LogP contribution is 2.26. The molecule has 0 bridgehead atoms. The van der Waals surface area contributed by atoms with E-state index in [1.807, 2.05) is 37.3 Å². The summed E-state index contributed by atoms with van der Waals surface area (Å²) in [5, 5.41) is 45.7. The van der Waals surface area contributed by atoms with Crippen molar-refractivity contribution >= 4 is 128 Å². The van der Waals surface area contributed by atoms with Crippen LogP contribution in [-0.4, -0.2) is 272 Å². The highest BCUT2D eigenvalue weighted by molar-refractivity contribution is 8.76. The number of amides is 17. The Morgan fingerprint density at radius 2 is 1.13 bits per heavy atom. The van der Waals surface area contributed by atoms with Crippen LogP contribution in [0.4, 0.5) is 0 Å². The Morgan fingerprint density at radius 1 is 0.573 bits per heavy atom. The van der Waals surface area contributed by atoms with Crippen LogP contribution in [0.1, 0.15) is 123 Å². The second-order valence-electron chi connectivity index (χ2n) is 26.8. The van der Waals surface area contributed by atoms with Crippen LogP contribution in [0.5, 0.6) is 0 Å². The number of benzene rings is 1. The van der Waals surface area contributed by atoms with Crippen molar-refractivity contribution < 1.29 is 86.6 Å². The number of nitrogens with zero attached hydrogens (tertiary/aromatic N) is 3. The molecule has 4 rings (SSSR count). The van der Waals surface area contributed by atoms with Crippen molar-refractivity contribution in [1.82, 2.24) is 84.2 Å². The predicted molar refractivity (Wildman–Crippen MR) is 404 cm³/mol. The zero-order valence-electron chi connectivity index (χ0n) is 62.4. The smallest absolute Gasteiger partial charge is 0.245 e. The first kappa shape index (κ1) is 92.4. The summed E-state index contributed by atoms with van der Waals surface area (Å²) in [6.45, 7) is 1.69. The lowest BCUT2D eigenvalue weighted by Gasteiger charge is -2.31. The second kappa shape index (κ2) is 50.0. The maximum absolute atomic E-state index is 14.8. The van der Waals surface area contributed by atoms with Gasteiger partial charge in [0.15, 0.2) is 5.96 Å². The number of carbonyl (C=O) groups is 17. The summed E-state index contributed by atoms with van der Waals surface area (Å²) < 4.78 is 0. The van der Waals surface area contributed by atoms with Crippen molar-refractivity contribution in [3.63, 3.8) is 0 Å². The number of nitrogens with two attached hydrogens (primary N) is 5. The van der Waals surface area contributed by atoms with Gasteiger partial charge in [0.25, 0.3) is 0 Å². The average molecular weight is 1590 g/mol. The molecule has 0 aliphatic carbocycles. The molecule has 25 N–H and O–H groups in total. The van der Waals surface area contributed by atoms with Crippen molar-refractivity contribution in [2.75, 3.05) is 90.1 Å². The molecule has 10 atom stereocenters. The zero-order valence-corrected chi connectivity index (χ0v) is 64.0. The molecule has 3 heterocycles. The maximum atomic E-state index is 14.8. The first-order chi connectivity index (χ1) is 52.5. The van der Waals surface area contributed by atoms with Crippen LogP contribution in [-0.2, 0) is 87.9 Å². The van der Waals surface area contributed by atoms with Gasteiger partial charge in [-0.05, 0) is 101 Å². The average Bonchev–Trinajstić information content (AvgIpc) is 1.58. The minimum Gasteiger partial charge on any atom is -0.394 e. The van der Waals surface area contributed by atoms with Gasteiger partial charge in [-0.3, -0.25) is 86.5 Å². The molecular formula is C68H110N22O18S2. The van der Waals surface area contributed by atoms with E-state index < -0.39 is 207 Å². The molecular weight excluding hydrogens is 1480 g/mol. The molecule has 0 radical (unpaired) electrons. The third-order valence-corrected chi connectivity index (χ3v) is 20.0. The van der Waals surface area contributed by atoms with Crippen LogP contribution in [0.15, 0.2) is 35.3 Å². The fraction of sp³-hybridized carbons (Fsp3) is 0.647. The van der Waals surface area contributed by atoms with Gasteiger partial charge < -0.3 is 118 Å². The van der Waals surface area contributed by atoms with E-state index in [2.05, 4.69) is 79.4 Å². The molecule has 0 unspecified atom stereocenters. The first-order valence-corrected chi connectivity index (χ1v) is 39.2. The largest absolute Gasteiger partial charge is 0.394 e. The van der Waals surface area contributed by atoms with Crippen molar-refractivity contribution in [1.29, 1.82) is 0 Å². The Labute approximate surface area is 645 Å². The Bertz CT molecular complexity index is 3360. The van der Waals surface area contributed by atoms with E-state index in [4.69, 9.17) is 28.7 Å². The molecule has 3 aliphatic rings. The number of hydrogen-bond acceptors (Lipinski definition) is 23. The van der Waals surface area contributed by atoms with Crippen LogP contribution in [0, 0.1) is 5.92 Å². The van der Waals surface area contributed by atoms with Gasteiger partial charge in [0.05, 0.1) is 45.9 Å². The molecule has 17 amide bonds. The van der Waals surface area contributed by atoms with Crippen LogP contribution in [0.25, 0.3) is 0 Å². The van der Waals surface area contributed by atoms with Gasteiger partial charge in [-0.15, -0.1) is 0 Å². The lowest BCUT2D eigenvalue weighted by Crippen LogP contribution is -2.61. The van der Waals surface area contributed by atoms with Gasteiger partial charge >= 0.3 is 0 Å². The van der Waals surface area contributed by atoms with E-state index >= 15 is 0 Å². The highest BCUT2D eigenvalue weighted by Gasteiger charge is 2.42. The number of unbranched alkanes of at least 4 members (excludes halogenated alkanes) is 2. The Morgan fingerprint density at radius 3 is 1.73 bits per heavy atom. The standard InChI is InChI=1S/C68H110N22O18S2/c1-4-5-16-41(58(99)74-26-23-40-14-7-6-8-15-40)83-65(106)49-19-12-27-89(49)57(98)35-80-59(100)42(17-9-10-24-69)82-63(104)47-37-109-110-38-48(64(105)85-45(29-39(2)3)61(102)86-46(36-91)62(103)87-47)88-66(107)50-20-13-28-90(50)67(108)44(18-11-25-75-68(72)73)84-60(101)43(21-22-51(71)92)81-56(97)34-79-55(96)33-78-54(95)32-77-53(94)31-76-52(93)30-70/h6-8,14-15,39,41-50,91H,4-5,9-13,16-38,69-70H2,1-3H3,(H2,71,92)(H,74,99)(H,76,93)(H,77,94)(H,78,95)(H,79,96)(H,80,100)(H,81,97)(H,82,104)(H,83,106)(H,84,101)(H,85,105)(H,86,102)(H,87,103)(H,88,107)(H4,72,73,75)/t41-,42+,43+,44+,45-,46-,47+,48+,49+,50+/m0/s1. The van der Waals surface area contributed by atoms with E-state index in [9.17, 15) is 86.6 Å². The Kier molecular flexibility index (Phi) is 42.0. The lowest BCUT2D eigenvalue weighted by molar-refractivity contribution is -0.142. The SMILES string of the molecule is CCCC[C@H](NC(=O)[C@H]1CCCN1C(=O)CNC(=O)[C@@H](CCCCN)NC(=O)[C@H]1CSSC[C@@H](NC(=O)[C@H]2CCCN2C(=O)[C@@H](CCCN=C(N)N)NC(=O)[C@@H](CCC(N)=O)NC(=O)CNC(=O)CNC(=O)CNC(=O)CNC(=O)CN)C(=O)N[C@@H](CC(C)C)C(=O)N[C@@H](CO)C(=O)N1)C(=O)NCCc1ccccc1. The van der Waals surface area contributed by atoms with E-state index in [1.54, 1.807) is 13.8 Å². The second-order valence-corrected chi connectivity index (χ2v) is 29.4. The predicted octanol–water partition coefficient (Wildman–Crippen LogP) is -8.18. The number of primary amides is 1. The monoisotopic (exact) mass is 1590 g/mol. The number of nitrogens with one attached hydrogen (secondary N) is 14. The van der Waals surface area contributed by atoms with Gasteiger partial charge in [-0.25, -0.2) is 0 Å². The molecule has 0 saturated carbocycles. The Balaban J connectivity index is 1.51. The van der Waals surface area contributed by atoms with Gasteiger partial charge in [-0.2, -0.15) is 0 Å². The van der Waals surface area contributed by atoms with Gasteiger partial charge in [0.2, 0.25) is 100 Å². The number of guanidine groups is 1. The molecule has 40 nitrogen and oxygen atoms in total. The third-order valence-electron chi connectivity index (χ3n) is 17.6. The molecule has 1 aromatic carbocycles. The van der Waals surface area contributed by atoms with Crippen molar-refractivity contribution in [2.45, 2.75) is 184 Å². The van der Waals surface area contributed by atoms with Crippen LogP contribution in [0.3, 0.4) is 0 Å². The minimum absolute atomic E-state index is 0.000131. The summed E-state index contributed by atoms with van der Waals surface area (Å²) in [7, 11) is 1.91. The molecule has 42 heteroatoms. The van der Waals surface area contributed by atoms with E-state index in [0.717, 1.165) is 33.6 Å². The van der Waals surface area contributed by atoms with Crippen LogP contribution in [0.2, 0.25) is 0 Å². The number of aliphatic imine (C=N–C) groups is 1. The van der Waals surface area contributed by atoms with Crippen LogP contribution < -0.4 is 103 Å². The molecule has 3 saturated heterocycles. The normalized spacial score (nSPS) is 19.1. The molecule has 612 valence electrons. The number of hydrogen-bond donors (Lipinski definition) is 20. The van der Waals surface area contributed by atoms with E-state index in [1.165, 1.54) is 9.80 Å². The van der Waals surface area contributed by atoms with E-state index in [-0.39, 0.29) is 101 Å². The number of aliphatic hydroxyl groups is 1. The van der Waals surface area contributed by atoms with E-state index in [0.29, 0.717) is 51.5 Å². The fourth-order valence-corrected chi connectivity index (χ4v) is 14.0. The van der Waals surface area contributed by atoms with Crippen LogP contribution >= 0.6 is 21.6 Å². The summed E-state index contributed by atoms with van der Waals surface area (Å²) in [4.78, 5) is 236. The molecule has 0 aromatic heterocycles. The molecule has 0 spiro atoms. The Hall–Kier alpha value is -9.94. The van der Waals surface area contributed by atoms with Gasteiger partial charge in [0.1, 0.15) is 60.4 Å². The summed E-state index contributed by atoms with van der Waals surface area (Å²) in [6.07, 6.45) is 3.11. The number of likely N-dealkylation sites (tertiary alicyclic amines) is 2. The van der Waals surface area contributed by atoms with Gasteiger partial charge in [-0.1, -0.05) is 85.5 Å². The third kappa shape index (κ3) is 33.9.